The summed E-state index contributed by atoms with van der Waals surface area (Å²) < 4.78 is 0. The number of aromatic hydroxyl groups is 1. The lowest BCUT2D eigenvalue weighted by molar-refractivity contribution is -0.384. The molecule has 1 aromatic heterocycles. The standard InChI is InChI=1S/C11H11N3O5/c12-6(11(16)17)3-5-4-13-7-1-2-8(15)10(9(5)7)14(18)19/h1-2,4,6,13,15H,3,12H2,(H,16,17)/t6-/m0/s1. The first-order valence-electron chi connectivity index (χ1n) is 5.36. The Morgan fingerprint density at radius 3 is 2.79 bits per heavy atom. The number of carbonyl (C=O) groups is 1. The van der Waals surface area contributed by atoms with Crippen molar-refractivity contribution in [2.24, 2.45) is 5.73 Å². The second kappa shape index (κ2) is 4.58. The zero-order valence-electron chi connectivity index (χ0n) is 9.66. The van der Waals surface area contributed by atoms with Crippen molar-refractivity contribution in [3.8, 4) is 5.75 Å². The van der Waals surface area contributed by atoms with Crippen molar-refractivity contribution in [1.82, 2.24) is 4.98 Å². The molecular formula is C11H11N3O5. The van der Waals surface area contributed by atoms with Crippen LogP contribution in [0.15, 0.2) is 18.3 Å². The van der Waals surface area contributed by atoms with Crippen LogP contribution in [0, 0.1) is 10.1 Å². The third kappa shape index (κ3) is 2.20. The number of rotatable bonds is 4. The molecule has 0 saturated heterocycles. The van der Waals surface area contributed by atoms with Gasteiger partial charge in [-0.25, -0.2) is 0 Å². The van der Waals surface area contributed by atoms with E-state index >= 15 is 0 Å². The topological polar surface area (TPSA) is 142 Å². The molecule has 100 valence electrons. The van der Waals surface area contributed by atoms with Crippen LogP contribution >= 0.6 is 0 Å². The summed E-state index contributed by atoms with van der Waals surface area (Å²) in [5.41, 5.74) is 5.79. The molecular weight excluding hydrogens is 254 g/mol. The number of H-pyrrole nitrogens is 1. The number of hydrogen-bond donors (Lipinski definition) is 4. The molecule has 2 aromatic rings. The lowest BCUT2D eigenvalue weighted by atomic mass is 10.0. The molecule has 2 rings (SSSR count). The van der Waals surface area contributed by atoms with Crippen molar-refractivity contribution in [2.75, 3.05) is 0 Å². The van der Waals surface area contributed by atoms with Crippen molar-refractivity contribution in [3.05, 3.63) is 34.0 Å². The van der Waals surface area contributed by atoms with E-state index in [2.05, 4.69) is 4.98 Å². The first-order valence-corrected chi connectivity index (χ1v) is 5.36. The van der Waals surface area contributed by atoms with E-state index in [1.165, 1.54) is 18.3 Å². The van der Waals surface area contributed by atoms with Crippen LogP contribution in [0.4, 0.5) is 5.69 Å². The first-order chi connectivity index (χ1) is 8.91. The number of aromatic nitrogens is 1. The number of fused-ring (bicyclic) bond motifs is 1. The fourth-order valence-electron chi connectivity index (χ4n) is 1.93. The van der Waals surface area contributed by atoms with E-state index in [1.54, 1.807) is 0 Å². The van der Waals surface area contributed by atoms with Gasteiger partial charge in [-0.05, 0) is 17.7 Å². The molecule has 1 atom stereocenters. The normalized spacial score (nSPS) is 12.5. The molecule has 0 saturated carbocycles. The molecule has 0 spiro atoms. The minimum atomic E-state index is -1.20. The summed E-state index contributed by atoms with van der Waals surface area (Å²) in [6, 6.07) is 1.52. The van der Waals surface area contributed by atoms with Gasteiger partial charge in [-0.15, -0.1) is 0 Å². The van der Waals surface area contributed by atoms with Crippen LogP contribution in [-0.2, 0) is 11.2 Å². The van der Waals surface area contributed by atoms with Gasteiger partial charge < -0.3 is 20.9 Å². The SMILES string of the molecule is N[C@@H](Cc1c[nH]c2ccc(O)c([N+](=O)[O-])c12)C(=O)O. The predicted molar refractivity (Wildman–Crippen MR) is 65.9 cm³/mol. The van der Waals surface area contributed by atoms with Gasteiger partial charge in [-0.3, -0.25) is 14.9 Å². The summed E-state index contributed by atoms with van der Waals surface area (Å²) in [4.78, 5) is 23.8. The summed E-state index contributed by atoms with van der Waals surface area (Å²) in [6.07, 6.45) is 1.39. The molecule has 0 radical (unpaired) electrons. The van der Waals surface area contributed by atoms with E-state index in [0.29, 0.717) is 11.1 Å². The number of nitrogens with zero attached hydrogens (tertiary/aromatic N) is 1. The maximum atomic E-state index is 11.0. The lowest BCUT2D eigenvalue weighted by Crippen LogP contribution is -2.32. The second-order valence-electron chi connectivity index (χ2n) is 4.08. The van der Waals surface area contributed by atoms with Crippen LogP contribution in [0.3, 0.4) is 0 Å². The van der Waals surface area contributed by atoms with E-state index in [0.717, 1.165) is 0 Å². The number of nitro benzene ring substituents is 1. The van der Waals surface area contributed by atoms with Gasteiger partial charge in [-0.1, -0.05) is 0 Å². The van der Waals surface area contributed by atoms with Crippen LogP contribution < -0.4 is 5.73 Å². The Kier molecular flexibility index (Phi) is 3.09. The van der Waals surface area contributed by atoms with Gasteiger partial charge in [0.1, 0.15) is 6.04 Å². The Labute approximate surface area is 106 Å². The highest BCUT2D eigenvalue weighted by atomic mass is 16.6. The average Bonchev–Trinajstić information content (AvgIpc) is 2.71. The van der Waals surface area contributed by atoms with Crippen LogP contribution in [0.25, 0.3) is 10.9 Å². The molecule has 19 heavy (non-hydrogen) atoms. The minimum absolute atomic E-state index is 0.0698. The summed E-state index contributed by atoms with van der Waals surface area (Å²) in [7, 11) is 0. The van der Waals surface area contributed by atoms with Gasteiger partial charge in [-0.2, -0.15) is 0 Å². The van der Waals surface area contributed by atoms with Crippen molar-refractivity contribution in [1.29, 1.82) is 0 Å². The summed E-state index contributed by atoms with van der Waals surface area (Å²) in [5, 5.41) is 29.5. The number of nitrogens with two attached hydrogens (primary N) is 1. The zero-order chi connectivity index (χ0) is 14.2. The number of phenols is 1. The van der Waals surface area contributed by atoms with Crippen molar-refractivity contribution < 1.29 is 19.9 Å². The summed E-state index contributed by atoms with van der Waals surface area (Å²) in [5.74, 6) is -1.67. The minimum Gasteiger partial charge on any atom is -0.502 e. The highest BCUT2D eigenvalue weighted by Crippen LogP contribution is 2.36. The summed E-state index contributed by atoms with van der Waals surface area (Å²) >= 11 is 0. The molecule has 5 N–H and O–H groups in total. The third-order valence-corrected chi connectivity index (χ3v) is 2.82. The second-order valence-corrected chi connectivity index (χ2v) is 4.08. The van der Waals surface area contributed by atoms with Gasteiger partial charge in [0.25, 0.3) is 0 Å². The highest BCUT2D eigenvalue weighted by molar-refractivity contribution is 5.94. The number of aromatic amines is 1. The van der Waals surface area contributed by atoms with Crippen LogP contribution in [0.5, 0.6) is 5.75 Å². The van der Waals surface area contributed by atoms with E-state index in [-0.39, 0.29) is 11.8 Å². The molecule has 0 aliphatic carbocycles. The smallest absolute Gasteiger partial charge is 0.320 e. The number of phenolic OH excluding ortho intramolecular Hbond substituents is 1. The third-order valence-electron chi connectivity index (χ3n) is 2.82. The van der Waals surface area contributed by atoms with Crippen LogP contribution in [-0.4, -0.2) is 32.1 Å². The van der Waals surface area contributed by atoms with Crippen molar-refractivity contribution >= 4 is 22.6 Å². The van der Waals surface area contributed by atoms with Gasteiger partial charge in [0, 0.05) is 12.6 Å². The van der Waals surface area contributed by atoms with E-state index in [9.17, 15) is 20.0 Å². The molecule has 0 aliphatic rings. The molecule has 0 amide bonds. The van der Waals surface area contributed by atoms with Gasteiger partial charge >= 0.3 is 11.7 Å². The fraction of sp³-hybridized carbons (Fsp3) is 0.182. The number of nitrogens with one attached hydrogen (secondary N) is 1. The van der Waals surface area contributed by atoms with E-state index < -0.39 is 28.4 Å². The largest absolute Gasteiger partial charge is 0.502 e. The Morgan fingerprint density at radius 2 is 2.21 bits per heavy atom. The van der Waals surface area contributed by atoms with Crippen molar-refractivity contribution in [2.45, 2.75) is 12.5 Å². The zero-order valence-corrected chi connectivity index (χ0v) is 9.66. The molecule has 8 heteroatoms. The number of aliphatic carboxylic acids is 1. The molecule has 8 nitrogen and oxygen atoms in total. The van der Waals surface area contributed by atoms with Crippen LogP contribution in [0.2, 0.25) is 0 Å². The number of benzene rings is 1. The number of carboxylic acid groups (broad SMARTS) is 1. The Morgan fingerprint density at radius 1 is 1.53 bits per heavy atom. The highest BCUT2D eigenvalue weighted by Gasteiger charge is 2.24. The maximum Gasteiger partial charge on any atom is 0.320 e. The Bertz CT molecular complexity index is 664. The van der Waals surface area contributed by atoms with Gasteiger partial charge in [0.15, 0.2) is 5.75 Å². The molecule has 0 unspecified atom stereocenters. The number of carboxylic acids is 1. The lowest BCUT2D eigenvalue weighted by Gasteiger charge is -2.05. The van der Waals surface area contributed by atoms with Crippen LogP contribution in [0.1, 0.15) is 5.56 Å². The molecule has 0 aliphatic heterocycles. The molecule has 0 bridgehead atoms. The molecule has 1 heterocycles. The number of nitro groups is 1. The average molecular weight is 265 g/mol. The summed E-state index contributed by atoms with van der Waals surface area (Å²) in [6.45, 7) is 0. The van der Waals surface area contributed by atoms with Crippen molar-refractivity contribution in [3.63, 3.8) is 0 Å². The van der Waals surface area contributed by atoms with E-state index in [4.69, 9.17) is 10.8 Å². The quantitative estimate of drug-likeness (QED) is 0.474. The van der Waals surface area contributed by atoms with E-state index in [1.807, 2.05) is 0 Å². The maximum absolute atomic E-state index is 11.0. The van der Waals surface area contributed by atoms with Gasteiger partial charge in [0.05, 0.1) is 15.8 Å². The fourth-order valence-corrected chi connectivity index (χ4v) is 1.93. The molecule has 0 fully saturated rings. The van der Waals surface area contributed by atoms with Gasteiger partial charge in [0.2, 0.25) is 0 Å². The molecule has 1 aromatic carbocycles. The predicted octanol–water partition coefficient (Wildman–Crippen LogP) is 0.736. The Hall–Kier alpha value is -2.61. The Balaban J connectivity index is 2.60. The monoisotopic (exact) mass is 265 g/mol. The first kappa shape index (κ1) is 12.8. The number of hydrogen-bond acceptors (Lipinski definition) is 5.